The molecule has 0 bridgehead atoms. The maximum Gasteiger partial charge on any atom is 0.223 e. The highest BCUT2D eigenvalue weighted by Crippen LogP contribution is 2.13. The summed E-state index contributed by atoms with van der Waals surface area (Å²) in [4.78, 5) is 15.6. The Kier molecular flexibility index (Phi) is 7.27. The second kappa shape index (κ2) is 8.98. The first-order valence-electron chi connectivity index (χ1n) is 6.99. The summed E-state index contributed by atoms with van der Waals surface area (Å²) in [6.45, 7) is 1.95. The van der Waals surface area contributed by atoms with E-state index in [0.717, 1.165) is 17.9 Å². The Morgan fingerprint density at radius 3 is 2.76 bits per heavy atom. The van der Waals surface area contributed by atoms with Crippen LogP contribution in [0.5, 0.6) is 5.75 Å². The molecule has 0 aliphatic heterocycles. The first-order valence-corrected chi connectivity index (χ1v) is 6.99. The lowest BCUT2D eigenvalue weighted by Crippen LogP contribution is -2.31. The van der Waals surface area contributed by atoms with Crippen LogP contribution in [-0.2, 0) is 11.3 Å². The molecule has 1 amide bonds. The minimum Gasteiger partial charge on any atom is -0.497 e. The molecule has 0 aliphatic rings. The zero-order valence-corrected chi connectivity index (χ0v) is 13.0. The van der Waals surface area contributed by atoms with E-state index in [2.05, 4.69) is 4.90 Å². The minimum atomic E-state index is 0.0720. The predicted octanol–water partition coefficient (Wildman–Crippen LogP) is 1.89. The summed E-state index contributed by atoms with van der Waals surface area (Å²) >= 11 is 0. The molecule has 0 spiro atoms. The van der Waals surface area contributed by atoms with Crippen LogP contribution in [0.25, 0.3) is 0 Å². The molecule has 0 aliphatic carbocycles. The van der Waals surface area contributed by atoms with Crippen LogP contribution >= 0.6 is 0 Å². The average molecular weight is 289 g/mol. The molecule has 21 heavy (non-hydrogen) atoms. The second-order valence-electron chi connectivity index (χ2n) is 5.06. The van der Waals surface area contributed by atoms with E-state index in [9.17, 15) is 4.79 Å². The van der Waals surface area contributed by atoms with Gasteiger partial charge in [-0.1, -0.05) is 12.1 Å². The molecule has 1 aromatic carbocycles. The van der Waals surface area contributed by atoms with Gasteiger partial charge in [0, 0.05) is 33.1 Å². The van der Waals surface area contributed by atoms with Crippen LogP contribution < -0.4 is 4.74 Å². The first-order chi connectivity index (χ1) is 10.1. The molecule has 5 heteroatoms. The molecule has 0 unspecified atom stereocenters. The third kappa shape index (κ3) is 6.28. The van der Waals surface area contributed by atoms with Crippen molar-refractivity contribution in [2.24, 2.45) is 0 Å². The van der Waals surface area contributed by atoms with Crippen molar-refractivity contribution in [2.45, 2.75) is 19.4 Å². The van der Waals surface area contributed by atoms with Crippen molar-refractivity contribution >= 4 is 5.91 Å². The van der Waals surface area contributed by atoms with Gasteiger partial charge in [0.25, 0.3) is 0 Å². The van der Waals surface area contributed by atoms with Gasteiger partial charge in [-0.15, -0.1) is 0 Å². The lowest BCUT2D eigenvalue weighted by Gasteiger charge is -2.20. The molecule has 0 atom stereocenters. The Morgan fingerprint density at radius 2 is 2.10 bits per heavy atom. The molecule has 114 valence electrons. The molecule has 0 heterocycles. The number of carbonyl (C=O) groups is 1. The molecular formula is C16H23N3O2. The van der Waals surface area contributed by atoms with Crippen LogP contribution in [0.3, 0.4) is 0 Å². The molecule has 0 saturated heterocycles. The molecule has 5 nitrogen and oxygen atoms in total. The van der Waals surface area contributed by atoms with Crippen LogP contribution in [-0.4, -0.2) is 50.0 Å². The van der Waals surface area contributed by atoms with Crippen molar-refractivity contribution in [1.29, 1.82) is 5.26 Å². The van der Waals surface area contributed by atoms with Crippen molar-refractivity contribution in [3.8, 4) is 11.8 Å². The van der Waals surface area contributed by atoms with Gasteiger partial charge in [0.05, 0.1) is 19.6 Å². The number of methoxy groups -OCH3 is 1. The topological polar surface area (TPSA) is 56.6 Å². The number of hydrogen-bond donors (Lipinski definition) is 0. The smallest absolute Gasteiger partial charge is 0.223 e. The zero-order chi connectivity index (χ0) is 15.7. The van der Waals surface area contributed by atoms with E-state index in [1.807, 2.05) is 37.4 Å². The van der Waals surface area contributed by atoms with Gasteiger partial charge in [0.1, 0.15) is 5.75 Å². The van der Waals surface area contributed by atoms with Gasteiger partial charge in [-0.2, -0.15) is 5.26 Å². The Morgan fingerprint density at radius 1 is 1.33 bits per heavy atom. The lowest BCUT2D eigenvalue weighted by atomic mass is 10.2. The fourth-order valence-corrected chi connectivity index (χ4v) is 1.98. The van der Waals surface area contributed by atoms with Crippen LogP contribution in [0, 0.1) is 11.3 Å². The van der Waals surface area contributed by atoms with Crippen molar-refractivity contribution in [3.63, 3.8) is 0 Å². The molecule has 1 aromatic rings. The number of benzene rings is 1. The number of nitrogens with zero attached hydrogens (tertiary/aromatic N) is 3. The normalized spacial score (nSPS) is 10.2. The van der Waals surface area contributed by atoms with Crippen molar-refractivity contribution in [1.82, 2.24) is 9.80 Å². The summed E-state index contributed by atoms with van der Waals surface area (Å²) < 4.78 is 5.20. The lowest BCUT2D eigenvalue weighted by molar-refractivity contribution is -0.130. The largest absolute Gasteiger partial charge is 0.497 e. The molecule has 0 fully saturated rings. The number of amides is 1. The van der Waals surface area contributed by atoms with E-state index in [4.69, 9.17) is 10.00 Å². The number of carbonyl (C=O) groups excluding carboxylic acids is 1. The third-order valence-corrected chi connectivity index (χ3v) is 3.28. The SMILES string of the molecule is COc1cccc(CN(C)CCC(=O)N(C)CCC#N)c1. The van der Waals surface area contributed by atoms with E-state index < -0.39 is 0 Å². The van der Waals surface area contributed by atoms with E-state index in [0.29, 0.717) is 25.9 Å². The predicted molar refractivity (Wildman–Crippen MR) is 81.8 cm³/mol. The summed E-state index contributed by atoms with van der Waals surface area (Å²) in [5.74, 6) is 0.913. The van der Waals surface area contributed by atoms with Gasteiger partial charge in [-0.3, -0.25) is 4.79 Å². The molecule has 0 aromatic heterocycles. The fraction of sp³-hybridized carbons (Fsp3) is 0.500. The molecule has 1 rings (SSSR count). The van der Waals surface area contributed by atoms with Crippen LogP contribution in [0.4, 0.5) is 0 Å². The standard InChI is InChI=1S/C16H23N3O2/c1-18(11-8-16(20)19(2)10-5-9-17)13-14-6-4-7-15(12-14)21-3/h4,6-7,12H,5,8,10-11,13H2,1-3H3. The number of hydrogen-bond acceptors (Lipinski definition) is 4. The monoisotopic (exact) mass is 289 g/mol. The zero-order valence-electron chi connectivity index (χ0n) is 13.0. The second-order valence-corrected chi connectivity index (χ2v) is 5.06. The summed E-state index contributed by atoms with van der Waals surface area (Å²) in [6.07, 6.45) is 0.838. The van der Waals surface area contributed by atoms with Crippen LogP contribution in [0.1, 0.15) is 18.4 Å². The fourth-order valence-electron chi connectivity index (χ4n) is 1.98. The molecular weight excluding hydrogens is 266 g/mol. The quantitative estimate of drug-likeness (QED) is 0.733. The Labute approximate surface area is 126 Å². The highest BCUT2D eigenvalue weighted by molar-refractivity contribution is 5.76. The van der Waals surface area contributed by atoms with Gasteiger partial charge in [0.2, 0.25) is 5.91 Å². The van der Waals surface area contributed by atoms with Gasteiger partial charge < -0.3 is 14.5 Å². The van der Waals surface area contributed by atoms with Gasteiger partial charge in [-0.05, 0) is 24.7 Å². The van der Waals surface area contributed by atoms with Gasteiger partial charge in [-0.25, -0.2) is 0 Å². The van der Waals surface area contributed by atoms with Crippen LogP contribution in [0.2, 0.25) is 0 Å². The summed E-state index contributed by atoms with van der Waals surface area (Å²) in [5, 5.41) is 8.52. The third-order valence-electron chi connectivity index (χ3n) is 3.28. The maximum absolute atomic E-state index is 11.9. The minimum absolute atomic E-state index is 0.0720. The van der Waals surface area contributed by atoms with E-state index >= 15 is 0 Å². The van der Waals surface area contributed by atoms with E-state index in [-0.39, 0.29) is 5.91 Å². The molecule has 0 N–H and O–H groups in total. The Hall–Kier alpha value is -2.06. The van der Waals surface area contributed by atoms with Gasteiger partial charge >= 0.3 is 0 Å². The number of ether oxygens (including phenoxy) is 1. The average Bonchev–Trinajstić information content (AvgIpc) is 2.50. The highest BCUT2D eigenvalue weighted by Gasteiger charge is 2.10. The van der Waals surface area contributed by atoms with E-state index in [1.165, 1.54) is 0 Å². The van der Waals surface area contributed by atoms with Crippen molar-refractivity contribution in [3.05, 3.63) is 29.8 Å². The Balaban J connectivity index is 2.38. The van der Waals surface area contributed by atoms with Gasteiger partial charge in [0.15, 0.2) is 0 Å². The Bertz CT molecular complexity index is 497. The number of rotatable bonds is 8. The summed E-state index contributed by atoms with van der Waals surface area (Å²) in [7, 11) is 5.38. The maximum atomic E-state index is 11.9. The number of nitriles is 1. The summed E-state index contributed by atoms with van der Waals surface area (Å²) in [6, 6.07) is 9.96. The van der Waals surface area contributed by atoms with E-state index in [1.54, 1.807) is 19.1 Å². The highest BCUT2D eigenvalue weighted by atomic mass is 16.5. The first kappa shape index (κ1) is 17.0. The summed E-state index contributed by atoms with van der Waals surface area (Å²) in [5.41, 5.74) is 1.15. The molecule has 0 saturated carbocycles. The van der Waals surface area contributed by atoms with Crippen molar-refractivity contribution < 1.29 is 9.53 Å². The van der Waals surface area contributed by atoms with Crippen molar-refractivity contribution in [2.75, 3.05) is 34.3 Å². The van der Waals surface area contributed by atoms with Crippen LogP contribution in [0.15, 0.2) is 24.3 Å². The molecule has 0 radical (unpaired) electrons.